The first kappa shape index (κ1) is 16.9. The molecule has 0 saturated carbocycles. The number of fused-ring (bicyclic) bond motifs is 1. The van der Waals surface area contributed by atoms with Gasteiger partial charge >= 0.3 is 11.7 Å². The fourth-order valence-electron chi connectivity index (χ4n) is 2.97. The van der Waals surface area contributed by atoms with Gasteiger partial charge in [-0.15, -0.1) is 5.10 Å². The minimum absolute atomic E-state index is 0.0245. The van der Waals surface area contributed by atoms with Crippen LogP contribution in [0.4, 0.5) is 5.69 Å². The van der Waals surface area contributed by atoms with Crippen molar-refractivity contribution in [3.63, 3.8) is 0 Å². The van der Waals surface area contributed by atoms with Gasteiger partial charge in [-0.1, -0.05) is 6.42 Å². The maximum absolute atomic E-state index is 12.6. The summed E-state index contributed by atoms with van der Waals surface area (Å²) in [5, 5.41) is 15.1. The molecule has 0 N–H and O–H groups in total. The Morgan fingerprint density at radius 1 is 1.11 bits per heavy atom. The Labute approximate surface area is 153 Å². The third-order valence-corrected chi connectivity index (χ3v) is 4.31. The Hall–Kier alpha value is -3.56. The second-order valence-corrected chi connectivity index (χ2v) is 6.12. The number of nitro benzene ring substituents is 1. The molecule has 0 amide bonds. The van der Waals surface area contributed by atoms with E-state index in [2.05, 4.69) is 15.1 Å². The number of ether oxygens (including phenoxy) is 1. The predicted octanol–water partition coefficient (Wildman–Crippen LogP) is 2.25. The SMILES string of the molecule is O=c1n(-c2ccnc(Oc3ccc([N+](=O)[O-])cc3)n2)nc2n1CCCCC2. The second kappa shape index (κ2) is 6.98. The van der Waals surface area contributed by atoms with Gasteiger partial charge in [-0.05, 0) is 25.0 Å². The van der Waals surface area contributed by atoms with Crippen LogP contribution < -0.4 is 10.4 Å². The van der Waals surface area contributed by atoms with Crippen LogP contribution >= 0.6 is 0 Å². The Kier molecular flexibility index (Phi) is 4.37. The van der Waals surface area contributed by atoms with E-state index in [9.17, 15) is 14.9 Å². The zero-order valence-corrected chi connectivity index (χ0v) is 14.3. The third-order valence-electron chi connectivity index (χ3n) is 4.31. The van der Waals surface area contributed by atoms with Crippen LogP contribution in [-0.4, -0.2) is 29.2 Å². The van der Waals surface area contributed by atoms with Gasteiger partial charge < -0.3 is 4.74 Å². The molecule has 0 spiro atoms. The standard InChI is InChI=1S/C17H16N6O4/c24-17-21-11-3-1-2-4-15(21)20-22(17)14-9-10-18-16(19-14)27-13-7-5-12(6-8-13)23(25)26/h5-10H,1-4,11H2. The summed E-state index contributed by atoms with van der Waals surface area (Å²) in [5.41, 5.74) is -0.269. The molecular weight excluding hydrogens is 352 g/mol. The van der Waals surface area contributed by atoms with Crippen molar-refractivity contribution in [2.24, 2.45) is 0 Å². The average molecular weight is 368 g/mol. The highest BCUT2D eigenvalue weighted by atomic mass is 16.6. The lowest BCUT2D eigenvalue weighted by molar-refractivity contribution is -0.384. The van der Waals surface area contributed by atoms with Crippen LogP contribution in [0.25, 0.3) is 5.82 Å². The van der Waals surface area contributed by atoms with Crippen molar-refractivity contribution in [2.75, 3.05) is 0 Å². The van der Waals surface area contributed by atoms with E-state index >= 15 is 0 Å². The summed E-state index contributed by atoms with van der Waals surface area (Å²) in [7, 11) is 0. The van der Waals surface area contributed by atoms with Gasteiger partial charge in [0.25, 0.3) is 5.69 Å². The molecule has 138 valence electrons. The lowest BCUT2D eigenvalue weighted by Gasteiger charge is -2.05. The molecule has 0 atom stereocenters. The van der Waals surface area contributed by atoms with E-state index in [-0.39, 0.29) is 17.4 Å². The normalized spacial score (nSPS) is 13.6. The van der Waals surface area contributed by atoms with Crippen LogP contribution in [0.15, 0.2) is 41.3 Å². The maximum atomic E-state index is 12.6. The zero-order chi connectivity index (χ0) is 18.8. The number of non-ortho nitro benzene ring substituents is 1. The predicted molar refractivity (Wildman–Crippen MR) is 94.1 cm³/mol. The first-order valence-electron chi connectivity index (χ1n) is 8.56. The Morgan fingerprint density at radius 3 is 2.70 bits per heavy atom. The molecule has 1 aliphatic heterocycles. The van der Waals surface area contributed by atoms with Crippen LogP contribution in [0.1, 0.15) is 25.1 Å². The lowest BCUT2D eigenvalue weighted by Crippen LogP contribution is -2.24. The maximum Gasteiger partial charge on any atom is 0.352 e. The molecular formula is C17H16N6O4. The molecule has 10 nitrogen and oxygen atoms in total. The van der Waals surface area contributed by atoms with Crippen LogP contribution in [-0.2, 0) is 13.0 Å². The summed E-state index contributed by atoms with van der Waals surface area (Å²) in [6.45, 7) is 0.658. The van der Waals surface area contributed by atoms with E-state index in [0.717, 1.165) is 31.5 Å². The highest BCUT2D eigenvalue weighted by molar-refractivity contribution is 5.37. The molecule has 0 fully saturated rings. The van der Waals surface area contributed by atoms with Gasteiger partial charge in [0.15, 0.2) is 5.82 Å². The fraction of sp³-hybridized carbons (Fsp3) is 0.294. The molecule has 2 aromatic heterocycles. The molecule has 10 heteroatoms. The van der Waals surface area contributed by atoms with Gasteiger partial charge in [0, 0.05) is 37.4 Å². The number of nitrogens with zero attached hydrogens (tertiary/aromatic N) is 6. The van der Waals surface area contributed by atoms with Crippen molar-refractivity contribution >= 4 is 5.69 Å². The highest BCUT2D eigenvalue weighted by Gasteiger charge is 2.18. The summed E-state index contributed by atoms with van der Waals surface area (Å²) < 4.78 is 8.48. The number of hydrogen-bond acceptors (Lipinski definition) is 7. The van der Waals surface area contributed by atoms with E-state index < -0.39 is 4.92 Å². The zero-order valence-electron chi connectivity index (χ0n) is 14.3. The van der Waals surface area contributed by atoms with Crippen LogP contribution in [0.5, 0.6) is 11.8 Å². The topological polar surface area (TPSA) is 118 Å². The lowest BCUT2D eigenvalue weighted by atomic mass is 10.2. The molecule has 0 bridgehead atoms. The molecule has 4 rings (SSSR count). The van der Waals surface area contributed by atoms with E-state index in [1.807, 2.05) is 0 Å². The number of aromatic nitrogens is 5. The smallest absolute Gasteiger partial charge is 0.352 e. The van der Waals surface area contributed by atoms with Crippen LogP contribution in [0.2, 0.25) is 0 Å². The molecule has 0 aliphatic carbocycles. The second-order valence-electron chi connectivity index (χ2n) is 6.12. The third kappa shape index (κ3) is 3.41. The summed E-state index contributed by atoms with van der Waals surface area (Å²) in [4.78, 5) is 31.1. The Bertz CT molecular complexity index is 1040. The summed E-state index contributed by atoms with van der Waals surface area (Å²) >= 11 is 0. The summed E-state index contributed by atoms with van der Waals surface area (Å²) in [5.74, 6) is 1.42. The molecule has 3 aromatic rings. The van der Waals surface area contributed by atoms with E-state index in [1.165, 1.54) is 35.1 Å². The average Bonchev–Trinajstić information content (AvgIpc) is 2.83. The number of rotatable bonds is 4. The van der Waals surface area contributed by atoms with E-state index in [4.69, 9.17) is 4.74 Å². The minimum atomic E-state index is -0.490. The first-order chi connectivity index (χ1) is 13.1. The molecule has 27 heavy (non-hydrogen) atoms. The molecule has 0 radical (unpaired) electrons. The number of hydrogen-bond donors (Lipinski definition) is 0. The number of benzene rings is 1. The number of nitro groups is 1. The van der Waals surface area contributed by atoms with Gasteiger partial charge in [-0.3, -0.25) is 14.7 Å². The highest BCUT2D eigenvalue weighted by Crippen LogP contribution is 2.21. The summed E-state index contributed by atoms with van der Waals surface area (Å²) in [6.07, 6.45) is 5.29. The minimum Gasteiger partial charge on any atom is -0.424 e. The molecule has 0 unspecified atom stereocenters. The van der Waals surface area contributed by atoms with Gasteiger partial charge in [0.05, 0.1) is 4.92 Å². The van der Waals surface area contributed by atoms with E-state index in [1.54, 1.807) is 10.6 Å². The van der Waals surface area contributed by atoms with Crippen molar-refractivity contribution < 1.29 is 9.66 Å². The molecule has 0 saturated heterocycles. The van der Waals surface area contributed by atoms with Gasteiger partial charge in [-0.2, -0.15) is 9.67 Å². The first-order valence-corrected chi connectivity index (χ1v) is 8.56. The van der Waals surface area contributed by atoms with Gasteiger partial charge in [-0.25, -0.2) is 9.78 Å². The Balaban J connectivity index is 1.61. The molecule has 1 aromatic carbocycles. The molecule has 1 aliphatic rings. The van der Waals surface area contributed by atoms with Crippen molar-refractivity contribution in [2.45, 2.75) is 32.2 Å². The quantitative estimate of drug-likeness (QED) is 0.512. The van der Waals surface area contributed by atoms with Crippen molar-refractivity contribution in [3.8, 4) is 17.6 Å². The van der Waals surface area contributed by atoms with Gasteiger partial charge in [0.2, 0.25) is 0 Å². The summed E-state index contributed by atoms with van der Waals surface area (Å²) in [6, 6.07) is 7.18. The number of aryl methyl sites for hydroxylation is 1. The monoisotopic (exact) mass is 368 g/mol. The van der Waals surface area contributed by atoms with Crippen molar-refractivity contribution in [3.05, 3.63) is 63.0 Å². The Morgan fingerprint density at radius 2 is 1.93 bits per heavy atom. The largest absolute Gasteiger partial charge is 0.424 e. The van der Waals surface area contributed by atoms with E-state index in [0.29, 0.717) is 18.1 Å². The fourth-order valence-corrected chi connectivity index (χ4v) is 2.97. The van der Waals surface area contributed by atoms with Crippen LogP contribution in [0, 0.1) is 10.1 Å². The molecule has 3 heterocycles. The van der Waals surface area contributed by atoms with Crippen molar-refractivity contribution in [1.82, 2.24) is 24.3 Å². The van der Waals surface area contributed by atoms with Crippen LogP contribution in [0.3, 0.4) is 0 Å². The van der Waals surface area contributed by atoms with Gasteiger partial charge in [0.1, 0.15) is 11.6 Å². The van der Waals surface area contributed by atoms with Crippen molar-refractivity contribution in [1.29, 1.82) is 0 Å².